The predicted octanol–water partition coefficient (Wildman–Crippen LogP) is 6.77. The smallest absolute Gasteiger partial charge is 0.343 e. The molecule has 0 spiro atoms. The number of nitrogens with one attached hydrogen (secondary N) is 1. The van der Waals surface area contributed by atoms with Gasteiger partial charge >= 0.3 is 5.97 Å². The average molecular weight is 637 g/mol. The first-order chi connectivity index (χ1) is 17.3. The molecule has 0 saturated carbocycles. The van der Waals surface area contributed by atoms with Crippen LogP contribution in [0.2, 0.25) is 10.0 Å². The maximum atomic E-state index is 12.7. The molecular formula is C26H19Cl2IN2O5. The summed E-state index contributed by atoms with van der Waals surface area (Å²) in [6.45, 7) is 2.09. The van der Waals surface area contributed by atoms with Crippen molar-refractivity contribution in [2.75, 3.05) is 19.0 Å². The van der Waals surface area contributed by atoms with E-state index < -0.39 is 11.9 Å². The average Bonchev–Trinajstić information content (AvgIpc) is 2.87. The van der Waals surface area contributed by atoms with Gasteiger partial charge in [-0.15, -0.1) is 0 Å². The van der Waals surface area contributed by atoms with Crippen LogP contribution in [0.25, 0.3) is 6.08 Å². The summed E-state index contributed by atoms with van der Waals surface area (Å²) >= 11 is 14.1. The summed E-state index contributed by atoms with van der Waals surface area (Å²) in [7, 11) is 1.54. The van der Waals surface area contributed by atoms with Crippen LogP contribution < -0.4 is 19.5 Å². The molecule has 36 heavy (non-hydrogen) atoms. The Morgan fingerprint density at radius 1 is 1.14 bits per heavy atom. The van der Waals surface area contributed by atoms with Crippen LogP contribution >= 0.6 is 45.8 Å². The summed E-state index contributed by atoms with van der Waals surface area (Å²) in [5.74, 6) is -0.112. The quantitative estimate of drug-likeness (QED) is 0.0964. The Morgan fingerprint density at radius 3 is 2.50 bits per heavy atom. The molecule has 0 saturated heterocycles. The Labute approximate surface area is 231 Å². The van der Waals surface area contributed by atoms with Crippen LogP contribution in [0.5, 0.6) is 17.2 Å². The molecule has 0 heterocycles. The molecule has 0 aliphatic heterocycles. The molecule has 0 aliphatic rings. The SMILES string of the molecule is CCOc1cc(/C=C(\C#N)C(=O)Nc2cccc(Cl)c2Cl)cc(I)c1OC(=O)c1ccc(OC)cc1. The van der Waals surface area contributed by atoms with Gasteiger partial charge in [-0.05, 0) is 89.7 Å². The van der Waals surface area contributed by atoms with Crippen LogP contribution in [0.15, 0.2) is 60.2 Å². The van der Waals surface area contributed by atoms with Crippen LogP contribution in [-0.2, 0) is 4.79 Å². The summed E-state index contributed by atoms with van der Waals surface area (Å²) in [5, 5.41) is 12.6. The minimum absolute atomic E-state index is 0.168. The van der Waals surface area contributed by atoms with Crippen molar-refractivity contribution in [1.29, 1.82) is 5.26 Å². The lowest BCUT2D eigenvalue weighted by Crippen LogP contribution is -2.14. The Balaban J connectivity index is 1.89. The number of nitriles is 1. The van der Waals surface area contributed by atoms with E-state index in [9.17, 15) is 14.9 Å². The number of nitrogens with zero attached hydrogens (tertiary/aromatic N) is 1. The van der Waals surface area contributed by atoms with Crippen LogP contribution in [0.1, 0.15) is 22.8 Å². The van der Waals surface area contributed by atoms with Gasteiger partial charge in [0, 0.05) is 0 Å². The number of rotatable bonds is 8. The topological polar surface area (TPSA) is 97.6 Å². The van der Waals surface area contributed by atoms with Gasteiger partial charge in [0.15, 0.2) is 11.5 Å². The molecule has 1 amide bonds. The lowest BCUT2D eigenvalue weighted by atomic mass is 10.1. The number of esters is 1. The van der Waals surface area contributed by atoms with Crippen molar-refractivity contribution >= 4 is 69.4 Å². The van der Waals surface area contributed by atoms with Crippen molar-refractivity contribution in [2.24, 2.45) is 0 Å². The summed E-state index contributed by atoms with van der Waals surface area (Å²) in [5.41, 5.74) is 0.935. The third-order valence-electron chi connectivity index (χ3n) is 4.73. The first kappa shape index (κ1) is 27.3. The molecular weight excluding hydrogens is 618 g/mol. The van der Waals surface area contributed by atoms with E-state index in [2.05, 4.69) is 5.32 Å². The van der Waals surface area contributed by atoms with Crippen molar-refractivity contribution in [2.45, 2.75) is 6.92 Å². The fraction of sp³-hybridized carbons (Fsp3) is 0.115. The predicted molar refractivity (Wildman–Crippen MR) is 147 cm³/mol. The molecule has 3 aromatic carbocycles. The molecule has 0 radical (unpaired) electrons. The van der Waals surface area contributed by atoms with Crippen molar-refractivity contribution in [3.05, 3.63) is 84.9 Å². The zero-order valence-electron chi connectivity index (χ0n) is 19.1. The second-order valence-electron chi connectivity index (χ2n) is 7.11. The molecule has 7 nitrogen and oxygen atoms in total. The molecule has 1 N–H and O–H groups in total. The van der Waals surface area contributed by atoms with E-state index in [-0.39, 0.29) is 32.8 Å². The van der Waals surface area contributed by atoms with Crippen LogP contribution in [0.3, 0.4) is 0 Å². The van der Waals surface area contributed by atoms with Crippen LogP contribution in [0.4, 0.5) is 5.69 Å². The fourth-order valence-corrected chi connectivity index (χ4v) is 4.10. The van der Waals surface area contributed by atoms with E-state index >= 15 is 0 Å². The summed E-state index contributed by atoms with van der Waals surface area (Å²) < 4.78 is 17.0. The van der Waals surface area contributed by atoms with Gasteiger partial charge in [0.1, 0.15) is 17.4 Å². The van der Waals surface area contributed by atoms with Crippen LogP contribution in [-0.4, -0.2) is 25.6 Å². The minimum Gasteiger partial charge on any atom is -0.497 e. The van der Waals surface area contributed by atoms with Crippen molar-refractivity contribution < 1.29 is 23.8 Å². The number of anilines is 1. The highest BCUT2D eigenvalue weighted by atomic mass is 127. The largest absolute Gasteiger partial charge is 0.497 e. The van der Waals surface area contributed by atoms with Crippen LogP contribution in [0, 0.1) is 14.9 Å². The number of halogens is 3. The molecule has 3 rings (SSSR count). The molecule has 0 unspecified atom stereocenters. The molecule has 3 aromatic rings. The maximum absolute atomic E-state index is 12.7. The van der Waals surface area contributed by atoms with Gasteiger partial charge in [-0.3, -0.25) is 4.79 Å². The third kappa shape index (κ3) is 6.69. The zero-order chi connectivity index (χ0) is 26.2. The Morgan fingerprint density at radius 2 is 1.86 bits per heavy atom. The van der Waals surface area contributed by atoms with E-state index in [1.165, 1.54) is 13.2 Å². The number of carbonyl (C=O) groups excluding carboxylic acids is 2. The van der Waals surface area contributed by atoms with E-state index in [1.807, 2.05) is 28.7 Å². The Kier molecular flexibility index (Phi) is 9.58. The number of ether oxygens (including phenoxy) is 3. The summed E-state index contributed by atoms with van der Waals surface area (Å²) in [4.78, 5) is 25.4. The number of methoxy groups -OCH3 is 1. The lowest BCUT2D eigenvalue weighted by Gasteiger charge is -2.14. The van der Waals surface area contributed by atoms with Gasteiger partial charge in [0.25, 0.3) is 5.91 Å². The van der Waals surface area contributed by atoms with Gasteiger partial charge < -0.3 is 19.5 Å². The second-order valence-corrected chi connectivity index (χ2v) is 9.05. The van der Waals surface area contributed by atoms with Gasteiger partial charge in [-0.25, -0.2) is 4.79 Å². The highest BCUT2D eigenvalue weighted by Crippen LogP contribution is 2.36. The highest BCUT2D eigenvalue weighted by molar-refractivity contribution is 14.1. The Hall–Kier alpha value is -3.26. The highest BCUT2D eigenvalue weighted by Gasteiger charge is 2.19. The standard InChI is InChI=1S/C26H19Cl2IN2O5/c1-3-35-22-13-15(11-17(14-30)25(32)31-21-6-4-5-19(27)23(21)28)12-20(29)24(22)36-26(33)16-7-9-18(34-2)10-8-16/h4-13H,3H2,1-2H3,(H,31,32)/b17-11+. The molecule has 10 heteroatoms. The number of carbonyl (C=O) groups is 2. The number of hydrogen-bond acceptors (Lipinski definition) is 6. The van der Waals surface area contributed by atoms with Crippen molar-refractivity contribution in [1.82, 2.24) is 0 Å². The summed E-state index contributed by atoms with van der Waals surface area (Å²) in [6.07, 6.45) is 1.40. The van der Waals surface area contributed by atoms with E-state index in [0.29, 0.717) is 27.1 Å². The van der Waals surface area contributed by atoms with Crippen molar-refractivity contribution in [3.8, 4) is 23.3 Å². The Bertz CT molecular complexity index is 1370. The molecule has 0 fully saturated rings. The maximum Gasteiger partial charge on any atom is 0.343 e. The number of benzene rings is 3. The van der Waals surface area contributed by atoms with Gasteiger partial charge in [0.05, 0.1) is 38.6 Å². The lowest BCUT2D eigenvalue weighted by molar-refractivity contribution is -0.112. The molecule has 0 aromatic heterocycles. The second kappa shape index (κ2) is 12.6. The fourth-order valence-electron chi connectivity index (χ4n) is 3.02. The van der Waals surface area contributed by atoms with E-state index in [1.54, 1.807) is 61.5 Å². The van der Waals surface area contributed by atoms with E-state index in [0.717, 1.165) is 0 Å². The summed E-state index contributed by atoms with van der Waals surface area (Å²) in [6, 6.07) is 16.4. The molecule has 0 bridgehead atoms. The van der Waals surface area contributed by atoms with Gasteiger partial charge in [-0.2, -0.15) is 5.26 Å². The molecule has 184 valence electrons. The molecule has 0 aliphatic carbocycles. The van der Waals surface area contributed by atoms with Gasteiger partial charge in [0.2, 0.25) is 0 Å². The zero-order valence-corrected chi connectivity index (χ0v) is 22.8. The number of hydrogen-bond donors (Lipinski definition) is 1. The molecule has 0 atom stereocenters. The minimum atomic E-state index is -0.662. The van der Waals surface area contributed by atoms with Crippen molar-refractivity contribution in [3.63, 3.8) is 0 Å². The normalized spacial score (nSPS) is 10.8. The monoisotopic (exact) mass is 636 g/mol. The van der Waals surface area contributed by atoms with Gasteiger partial charge in [-0.1, -0.05) is 29.3 Å². The first-order valence-electron chi connectivity index (χ1n) is 10.5. The third-order valence-corrected chi connectivity index (χ3v) is 6.35. The van der Waals surface area contributed by atoms with E-state index in [4.69, 9.17) is 37.4 Å². The first-order valence-corrected chi connectivity index (χ1v) is 12.3. The number of amides is 1.